The van der Waals surface area contributed by atoms with Crippen LogP contribution in [0.15, 0.2) is 23.4 Å². The minimum absolute atomic E-state index is 0.0361. The highest BCUT2D eigenvalue weighted by molar-refractivity contribution is 6.74. The van der Waals surface area contributed by atoms with Gasteiger partial charge in [0.05, 0.1) is 12.1 Å². The maximum atomic E-state index is 12.1. The van der Waals surface area contributed by atoms with Crippen molar-refractivity contribution in [3.63, 3.8) is 0 Å². The van der Waals surface area contributed by atoms with Crippen LogP contribution in [0.2, 0.25) is 18.1 Å². The summed E-state index contributed by atoms with van der Waals surface area (Å²) in [6.45, 7) is 18.9. The third-order valence-electron chi connectivity index (χ3n) is 4.89. The fourth-order valence-electron chi connectivity index (χ4n) is 1.92. The van der Waals surface area contributed by atoms with Gasteiger partial charge in [-0.05, 0) is 49.5 Å². The zero-order chi connectivity index (χ0) is 20.8. The molecule has 0 saturated heterocycles. The molecule has 1 amide bonds. The molecule has 4 nitrogen and oxygen atoms in total. The number of carbonyl (C=O) groups is 1. The van der Waals surface area contributed by atoms with Crippen LogP contribution >= 0.6 is 11.6 Å². The second-order valence-electron chi connectivity index (χ2n) is 9.52. The number of rotatable bonds is 8. The Hall–Kier alpha value is -0.623. The predicted molar refractivity (Wildman–Crippen MR) is 116 cm³/mol. The Labute approximate surface area is 166 Å². The molecule has 0 unspecified atom stereocenters. The van der Waals surface area contributed by atoms with Gasteiger partial charge in [0.1, 0.15) is 0 Å². The topological polar surface area (TPSA) is 64.4 Å². The van der Waals surface area contributed by atoms with Gasteiger partial charge in [-0.1, -0.05) is 65.3 Å². The van der Waals surface area contributed by atoms with Gasteiger partial charge in [-0.2, -0.15) is 0 Å². The van der Waals surface area contributed by atoms with Crippen LogP contribution in [0.25, 0.3) is 0 Å². The molecule has 0 radical (unpaired) electrons. The Bertz CT molecular complexity index is 513. The standard InChI is InChI=1S/C20H39ClN2O2Si/c1-15(21)12-13-16(25-26(8,9)20(5,6)7)11-10-14-23-18(24)17(22)19(2,3)4/h10,12,14,16-17H,11,13,22H2,1-9H3,(H,23,24)/t16-,17-/m1/s1. The van der Waals surface area contributed by atoms with Crippen LogP contribution in [-0.4, -0.2) is 26.4 Å². The lowest BCUT2D eigenvalue weighted by Gasteiger charge is -2.39. The van der Waals surface area contributed by atoms with E-state index in [-0.39, 0.29) is 22.5 Å². The summed E-state index contributed by atoms with van der Waals surface area (Å²) in [6, 6.07) is -0.548. The second-order valence-corrected chi connectivity index (χ2v) is 14.9. The highest BCUT2D eigenvalue weighted by Crippen LogP contribution is 2.38. The third kappa shape index (κ3) is 9.35. The van der Waals surface area contributed by atoms with Crippen LogP contribution in [0.1, 0.15) is 61.3 Å². The molecule has 0 bridgehead atoms. The van der Waals surface area contributed by atoms with Crippen molar-refractivity contribution in [2.24, 2.45) is 11.1 Å². The quantitative estimate of drug-likeness (QED) is 0.541. The Morgan fingerprint density at radius 2 is 1.73 bits per heavy atom. The minimum Gasteiger partial charge on any atom is -0.413 e. The van der Waals surface area contributed by atoms with E-state index in [0.29, 0.717) is 6.42 Å². The Morgan fingerprint density at radius 1 is 1.19 bits per heavy atom. The van der Waals surface area contributed by atoms with E-state index in [1.165, 1.54) is 0 Å². The van der Waals surface area contributed by atoms with Crippen molar-refractivity contribution in [1.82, 2.24) is 5.32 Å². The van der Waals surface area contributed by atoms with Crippen LogP contribution in [0.3, 0.4) is 0 Å². The molecule has 0 aliphatic rings. The normalized spacial score (nSPS) is 16.7. The van der Waals surface area contributed by atoms with Gasteiger partial charge in [-0.25, -0.2) is 0 Å². The van der Waals surface area contributed by atoms with Crippen molar-refractivity contribution in [3.05, 3.63) is 23.4 Å². The minimum atomic E-state index is -1.88. The predicted octanol–water partition coefficient (Wildman–Crippen LogP) is 5.30. The highest BCUT2D eigenvalue weighted by Gasteiger charge is 2.38. The van der Waals surface area contributed by atoms with E-state index in [1.54, 1.807) is 6.20 Å². The maximum Gasteiger partial charge on any atom is 0.241 e. The zero-order valence-electron chi connectivity index (χ0n) is 18.1. The summed E-state index contributed by atoms with van der Waals surface area (Å²) in [5.41, 5.74) is 5.69. The van der Waals surface area contributed by atoms with Crippen LogP contribution in [0.4, 0.5) is 0 Å². The molecule has 0 rings (SSSR count). The molecule has 0 aromatic heterocycles. The Morgan fingerprint density at radius 3 is 2.15 bits per heavy atom. The van der Waals surface area contributed by atoms with Crippen molar-refractivity contribution in [2.45, 2.75) is 91.6 Å². The van der Waals surface area contributed by atoms with E-state index in [9.17, 15) is 4.79 Å². The van der Waals surface area contributed by atoms with E-state index in [1.807, 2.05) is 39.8 Å². The molecular weight excluding hydrogens is 364 g/mol. The van der Waals surface area contributed by atoms with Gasteiger partial charge in [0.25, 0.3) is 0 Å². The molecule has 6 heteroatoms. The highest BCUT2D eigenvalue weighted by atomic mass is 35.5. The molecule has 0 heterocycles. The molecule has 0 aromatic carbocycles. The van der Waals surface area contributed by atoms with Crippen molar-refractivity contribution in [2.75, 3.05) is 0 Å². The third-order valence-corrected chi connectivity index (χ3v) is 9.58. The number of hydrogen-bond donors (Lipinski definition) is 2. The van der Waals surface area contributed by atoms with E-state index < -0.39 is 14.4 Å². The molecule has 2 atom stereocenters. The Balaban J connectivity index is 4.89. The first-order valence-electron chi connectivity index (χ1n) is 9.29. The lowest BCUT2D eigenvalue weighted by atomic mass is 9.87. The number of carbonyl (C=O) groups excluding carboxylic acids is 1. The first-order chi connectivity index (χ1) is 11.6. The number of halogens is 1. The molecule has 0 aromatic rings. The first-order valence-corrected chi connectivity index (χ1v) is 12.6. The molecule has 152 valence electrons. The summed E-state index contributed by atoms with van der Waals surface area (Å²) in [5.74, 6) is -0.174. The lowest BCUT2D eigenvalue weighted by molar-refractivity contribution is -0.123. The number of nitrogens with two attached hydrogens (primary N) is 1. The van der Waals surface area contributed by atoms with Gasteiger partial charge in [0.15, 0.2) is 8.32 Å². The summed E-state index contributed by atoms with van der Waals surface area (Å²) in [7, 11) is -1.88. The van der Waals surface area contributed by atoms with Crippen molar-refractivity contribution in [3.8, 4) is 0 Å². The summed E-state index contributed by atoms with van der Waals surface area (Å²) in [6.07, 6.45) is 7.09. The van der Waals surface area contributed by atoms with E-state index in [0.717, 1.165) is 11.5 Å². The smallest absolute Gasteiger partial charge is 0.241 e. The molecule has 0 fully saturated rings. The lowest BCUT2D eigenvalue weighted by Crippen LogP contribution is -2.47. The summed E-state index contributed by atoms with van der Waals surface area (Å²) in [4.78, 5) is 12.1. The number of amides is 1. The molecule has 0 spiro atoms. The molecule has 0 aliphatic heterocycles. The molecule has 0 saturated carbocycles. The van der Waals surface area contributed by atoms with Crippen LogP contribution in [0, 0.1) is 5.41 Å². The number of allylic oxidation sites excluding steroid dienone is 1. The van der Waals surface area contributed by atoms with Crippen LogP contribution in [0.5, 0.6) is 0 Å². The summed E-state index contributed by atoms with van der Waals surface area (Å²) in [5, 5.41) is 3.68. The summed E-state index contributed by atoms with van der Waals surface area (Å²) < 4.78 is 6.51. The van der Waals surface area contributed by atoms with Gasteiger partial charge >= 0.3 is 0 Å². The average molecular weight is 403 g/mol. The number of hydrogen-bond acceptors (Lipinski definition) is 3. The van der Waals surface area contributed by atoms with Crippen LogP contribution in [-0.2, 0) is 9.22 Å². The fourth-order valence-corrected chi connectivity index (χ4v) is 3.39. The Kier molecular flexibility index (Phi) is 9.83. The van der Waals surface area contributed by atoms with Gasteiger partial charge in [0, 0.05) is 5.03 Å². The first kappa shape index (κ1) is 25.4. The van der Waals surface area contributed by atoms with Gasteiger partial charge in [-0.3, -0.25) is 4.79 Å². The largest absolute Gasteiger partial charge is 0.413 e. The monoisotopic (exact) mass is 402 g/mol. The molecule has 26 heavy (non-hydrogen) atoms. The van der Waals surface area contributed by atoms with E-state index in [2.05, 4.69) is 39.2 Å². The second kappa shape index (κ2) is 10.1. The fraction of sp³-hybridized carbons (Fsp3) is 0.750. The average Bonchev–Trinajstić information content (AvgIpc) is 2.45. The van der Waals surface area contributed by atoms with Gasteiger partial charge in [0.2, 0.25) is 5.91 Å². The van der Waals surface area contributed by atoms with Gasteiger partial charge < -0.3 is 15.5 Å². The molecule has 3 N–H and O–H groups in total. The molecule has 0 aliphatic carbocycles. The van der Waals surface area contributed by atoms with E-state index in [4.69, 9.17) is 21.8 Å². The van der Waals surface area contributed by atoms with Crippen molar-refractivity contribution in [1.29, 1.82) is 0 Å². The zero-order valence-corrected chi connectivity index (χ0v) is 19.8. The summed E-state index contributed by atoms with van der Waals surface area (Å²) >= 11 is 5.99. The van der Waals surface area contributed by atoms with Gasteiger partial charge in [-0.15, -0.1) is 0 Å². The maximum absolute atomic E-state index is 12.1. The molecular formula is C20H39ClN2O2Si. The van der Waals surface area contributed by atoms with Crippen LogP contribution < -0.4 is 11.1 Å². The number of nitrogens with one attached hydrogen (secondary N) is 1. The van der Waals surface area contributed by atoms with E-state index >= 15 is 0 Å². The SMILES string of the molecule is CC(Cl)=CC[C@@H](CC=CNC(=O)[C@@H](N)C(C)(C)C)O[Si](C)(C)C(C)(C)C. The van der Waals surface area contributed by atoms with Crippen molar-refractivity contribution < 1.29 is 9.22 Å². The van der Waals surface area contributed by atoms with Crippen molar-refractivity contribution >= 4 is 25.8 Å².